The number of para-hydroxylation sites is 1. The first-order chi connectivity index (χ1) is 10.9. The number of aromatic nitrogens is 1. The van der Waals surface area contributed by atoms with Gasteiger partial charge in [-0.25, -0.2) is 8.42 Å². The fourth-order valence-corrected chi connectivity index (χ4v) is 3.98. The van der Waals surface area contributed by atoms with Crippen LogP contribution < -0.4 is 5.43 Å². The zero-order valence-corrected chi connectivity index (χ0v) is 13.8. The first-order valence-electron chi connectivity index (χ1n) is 7.39. The van der Waals surface area contributed by atoms with Crippen LogP contribution in [-0.4, -0.2) is 13.0 Å². The topological polar surface area (TPSA) is 56.1 Å². The van der Waals surface area contributed by atoms with Gasteiger partial charge in [-0.3, -0.25) is 4.79 Å². The quantitative estimate of drug-likeness (QED) is 0.742. The molecular formula is C18H17NO3S. The molecule has 2 aromatic carbocycles. The molecule has 0 N–H and O–H groups in total. The number of benzene rings is 2. The van der Waals surface area contributed by atoms with E-state index in [0.29, 0.717) is 11.9 Å². The van der Waals surface area contributed by atoms with Gasteiger partial charge in [0.05, 0.1) is 10.4 Å². The number of pyridine rings is 1. The summed E-state index contributed by atoms with van der Waals surface area (Å²) in [6.07, 6.45) is 1.44. The van der Waals surface area contributed by atoms with Gasteiger partial charge in [-0.15, -0.1) is 0 Å². The highest BCUT2D eigenvalue weighted by Gasteiger charge is 2.23. The maximum absolute atomic E-state index is 12.9. The minimum absolute atomic E-state index is 0.137. The minimum Gasteiger partial charge on any atom is -0.346 e. The molecule has 4 nitrogen and oxygen atoms in total. The summed E-state index contributed by atoms with van der Waals surface area (Å²) in [5.74, 6) is 0. The van der Waals surface area contributed by atoms with E-state index in [-0.39, 0.29) is 9.79 Å². The van der Waals surface area contributed by atoms with E-state index in [9.17, 15) is 13.2 Å². The highest BCUT2D eigenvalue weighted by atomic mass is 32.2. The predicted molar refractivity (Wildman–Crippen MR) is 90.5 cm³/mol. The molecule has 0 saturated carbocycles. The standard InChI is InChI=1S/C18H17NO3S/c1-3-19-12-17(18(20)15-6-4-5-7-16(15)19)23(21,22)14-10-8-13(2)9-11-14/h4-12H,3H2,1-2H3. The van der Waals surface area contributed by atoms with Crippen LogP contribution >= 0.6 is 0 Å². The molecule has 0 saturated heterocycles. The zero-order chi connectivity index (χ0) is 16.6. The maximum atomic E-state index is 12.9. The van der Waals surface area contributed by atoms with E-state index in [2.05, 4.69) is 0 Å². The van der Waals surface area contributed by atoms with E-state index < -0.39 is 15.3 Å². The molecule has 1 aromatic heterocycles. The van der Waals surface area contributed by atoms with Gasteiger partial charge in [-0.05, 0) is 38.1 Å². The number of aryl methyl sites for hydroxylation is 2. The predicted octanol–water partition coefficient (Wildman–Crippen LogP) is 3.16. The van der Waals surface area contributed by atoms with Gasteiger partial charge < -0.3 is 4.57 Å². The molecule has 0 spiro atoms. The lowest BCUT2D eigenvalue weighted by Crippen LogP contribution is -2.19. The van der Waals surface area contributed by atoms with Gasteiger partial charge in [-0.2, -0.15) is 0 Å². The van der Waals surface area contributed by atoms with Crippen molar-refractivity contribution in [2.45, 2.75) is 30.2 Å². The first kappa shape index (κ1) is 15.5. The molecule has 23 heavy (non-hydrogen) atoms. The molecule has 0 radical (unpaired) electrons. The molecule has 0 unspecified atom stereocenters. The van der Waals surface area contributed by atoms with Crippen molar-refractivity contribution in [2.24, 2.45) is 0 Å². The molecule has 118 valence electrons. The highest BCUT2D eigenvalue weighted by Crippen LogP contribution is 2.21. The molecule has 1 heterocycles. The number of sulfone groups is 1. The lowest BCUT2D eigenvalue weighted by molar-refractivity contribution is 0.593. The summed E-state index contributed by atoms with van der Waals surface area (Å²) in [6, 6.07) is 13.6. The summed E-state index contributed by atoms with van der Waals surface area (Å²) in [4.78, 5) is 12.6. The summed E-state index contributed by atoms with van der Waals surface area (Å²) in [6.45, 7) is 4.38. The van der Waals surface area contributed by atoms with E-state index in [1.165, 1.54) is 18.3 Å². The van der Waals surface area contributed by atoms with Crippen molar-refractivity contribution in [3.8, 4) is 0 Å². The van der Waals surface area contributed by atoms with E-state index in [0.717, 1.165) is 11.1 Å². The van der Waals surface area contributed by atoms with Crippen LogP contribution in [0.15, 0.2) is 69.3 Å². The molecule has 0 aliphatic carbocycles. The van der Waals surface area contributed by atoms with Crippen LogP contribution in [0.1, 0.15) is 12.5 Å². The fraction of sp³-hybridized carbons (Fsp3) is 0.167. The summed E-state index contributed by atoms with van der Waals surface area (Å²) in [7, 11) is -3.84. The molecule has 5 heteroatoms. The van der Waals surface area contributed by atoms with Gasteiger partial charge >= 0.3 is 0 Å². The van der Waals surface area contributed by atoms with E-state index >= 15 is 0 Å². The Morgan fingerprint density at radius 1 is 1.00 bits per heavy atom. The summed E-state index contributed by atoms with van der Waals surface area (Å²) in [5.41, 5.74) is 1.25. The fourth-order valence-electron chi connectivity index (χ4n) is 2.62. The van der Waals surface area contributed by atoms with Crippen molar-refractivity contribution in [3.63, 3.8) is 0 Å². The second-order valence-corrected chi connectivity index (χ2v) is 7.36. The van der Waals surface area contributed by atoms with Gasteiger partial charge in [0.15, 0.2) is 0 Å². The molecule has 0 aliphatic rings. The third-order valence-electron chi connectivity index (χ3n) is 3.92. The van der Waals surface area contributed by atoms with Crippen molar-refractivity contribution < 1.29 is 8.42 Å². The average molecular weight is 327 g/mol. The van der Waals surface area contributed by atoms with Crippen LogP contribution in [0.3, 0.4) is 0 Å². The summed E-state index contributed by atoms with van der Waals surface area (Å²) < 4.78 is 27.5. The van der Waals surface area contributed by atoms with Gasteiger partial charge in [0.1, 0.15) is 4.90 Å². The van der Waals surface area contributed by atoms with Gasteiger partial charge in [0.25, 0.3) is 0 Å². The van der Waals surface area contributed by atoms with Gasteiger partial charge in [0, 0.05) is 18.1 Å². The van der Waals surface area contributed by atoms with Gasteiger partial charge in [-0.1, -0.05) is 29.8 Å². The first-order valence-corrected chi connectivity index (χ1v) is 8.87. The zero-order valence-electron chi connectivity index (χ0n) is 13.0. The number of fused-ring (bicyclic) bond motifs is 1. The number of hydrogen-bond acceptors (Lipinski definition) is 3. The van der Waals surface area contributed by atoms with E-state index in [1.54, 1.807) is 28.8 Å². The Morgan fingerprint density at radius 2 is 1.65 bits per heavy atom. The molecule has 0 fully saturated rings. The maximum Gasteiger partial charge on any atom is 0.211 e. The van der Waals surface area contributed by atoms with Crippen LogP contribution in [0.2, 0.25) is 0 Å². The highest BCUT2D eigenvalue weighted by molar-refractivity contribution is 7.91. The monoisotopic (exact) mass is 327 g/mol. The molecular weight excluding hydrogens is 310 g/mol. The Labute approximate surface area is 134 Å². The number of nitrogens with zero attached hydrogens (tertiary/aromatic N) is 1. The van der Waals surface area contributed by atoms with Crippen molar-refractivity contribution >= 4 is 20.7 Å². The van der Waals surface area contributed by atoms with Crippen molar-refractivity contribution in [3.05, 3.63) is 70.5 Å². The molecule has 0 atom stereocenters. The Bertz CT molecular complexity index is 1030. The van der Waals surface area contributed by atoms with Crippen LogP contribution in [0.25, 0.3) is 10.9 Å². The third-order valence-corrected chi connectivity index (χ3v) is 5.68. The van der Waals surface area contributed by atoms with Gasteiger partial charge in [0.2, 0.25) is 15.3 Å². The lowest BCUT2D eigenvalue weighted by Gasteiger charge is -2.12. The van der Waals surface area contributed by atoms with Crippen LogP contribution in [0.5, 0.6) is 0 Å². The van der Waals surface area contributed by atoms with E-state index in [1.807, 2.05) is 26.0 Å². The molecule has 3 aromatic rings. The molecule has 0 aliphatic heterocycles. The molecule has 0 bridgehead atoms. The SMILES string of the molecule is CCn1cc(S(=O)(=O)c2ccc(C)cc2)c(=O)c2ccccc21. The number of rotatable bonds is 3. The second kappa shape index (κ2) is 5.66. The largest absolute Gasteiger partial charge is 0.346 e. The minimum atomic E-state index is -3.84. The normalized spacial score (nSPS) is 11.7. The average Bonchev–Trinajstić information content (AvgIpc) is 2.55. The van der Waals surface area contributed by atoms with Crippen molar-refractivity contribution in [2.75, 3.05) is 0 Å². The number of hydrogen-bond donors (Lipinski definition) is 0. The van der Waals surface area contributed by atoms with E-state index in [4.69, 9.17) is 0 Å². The Morgan fingerprint density at radius 3 is 2.30 bits per heavy atom. The Kier molecular flexibility index (Phi) is 3.82. The van der Waals surface area contributed by atoms with Crippen molar-refractivity contribution in [1.29, 1.82) is 0 Å². The Hall–Kier alpha value is -2.40. The summed E-state index contributed by atoms with van der Waals surface area (Å²) >= 11 is 0. The smallest absolute Gasteiger partial charge is 0.211 e. The summed E-state index contributed by atoms with van der Waals surface area (Å²) in [5, 5.41) is 0.419. The van der Waals surface area contributed by atoms with Crippen LogP contribution in [-0.2, 0) is 16.4 Å². The third kappa shape index (κ3) is 2.57. The second-order valence-electron chi connectivity index (χ2n) is 5.44. The van der Waals surface area contributed by atoms with Crippen molar-refractivity contribution in [1.82, 2.24) is 4.57 Å². The molecule has 3 rings (SSSR count). The lowest BCUT2D eigenvalue weighted by atomic mass is 10.2. The Balaban J connectivity index is 2.34. The van der Waals surface area contributed by atoms with Crippen LogP contribution in [0, 0.1) is 6.92 Å². The van der Waals surface area contributed by atoms with Crippen LogP contribution in [0.4, 0.5) is 0 Å². The molecule has 0 amide bonds.